The second kappa shape index (κ2) is 10.5. The molecular formula is C16H21BrIN3O2. The second-order valence-corrected chi connectivity index (χ2v) is 5.47. The van der Waals surface area contributed by atoms with Crippen LogP contribution in [-0.4, -0.2) is 26.7 Å². The number of guanidine groups is 1. The van der Waals surface area contributed by atoms with Gasteiger partial charge in [-0.2, -0.15) is 0 Å². The fourth-order valence-electron chi connectivity index (χ4n) is 2.10. The summed E-state index contributed by atoms with van der Waals surface area (Å²) in [6.07, 6.45) is 2.50. The average Bonchev–Trinajstić information content (AvgIpc) is 3.04. The molecule has 1 aromatic heterocycles. The third-order valence-corrected chi connectivity index (χ3v) is 3.80. The minimum Gasteiger partial charge on any atom is -0.495 e. The maximum absolute atomic E-state index is 5.42. The van der Waals surface area contributed by atoms with Crippen LogP contribution in [0.4, 0.5) is 0 Å². The Balaban J connectivity index is 0.00000264. The maximum Gasteiger partial charge on any atom is 0.191 e. The smallest absolute Gasteiger partial charge is 0.191 e. The van der Waals surface area contributed by atoms with Gasteiger partial charge in [-0.1, -0.05) is 12.1 Å². The number of methoxy groups -OCH3 is 1. The van der Waals surface area contributed by atoms with E-state index < -0.39 is 0 Å². The van der Waals surface area contributed by atoms with Crippen LogP contribution in [0.1, 0.15) is 11.3 Å². The number of halogens is 2. The molecule has 0 spiro atoms. The zero-order valence-corrected chi connectivity index (χ0v) is 17.1. The first-order valence-corrected chi connectivity index (χ1v) is 7.82. The van der Waals surface area contributed by atoms with Crippen molar-refractivity contribution in [2.75, 3.05) is 20.7 Å². The van der Waals surface area contributed by atoms with E-state index in [1.54, 1.807) is 20.4 Å². The number of rotatable bonds is 6. The number of aliphatic imine (C=N–C) groups is 1. The van der Waals surface area contributed by atoms with Gasteiger partial charge >= 0.3 is 0 Å². The Bertz CT molecular complexity index is 618. The van der Waals surface area contributed by atoms with Crippen LogP contribution in [0.2, 0.25) is 0 Å². The van der Waals surface area contributed by atoms with Crippen LogP contribution in [-0.2, 0) is 13.0 Å². The van der Waals surface area contributed by atoms with Gasteiger partial charge in [0.25, 0.3) is 0 Å². The highest BCUT2D eigenvalue weighted by atomic mass is 127. The highest BCUT2D eigenvalue weighted by molar-refractivity contribution is 14.0. The SMILES string of the molecule is CN=C(NCCc1cccc(Br)c1OC)NCc1ccco1.I. The molecule has 2 rings (SSSR count). The fourth-order valence-corrected chi connectivity index (χ4v) is 2.67. The number of furan rings is 1. The molecule has 0 saturated heterocycles. The van der Waals surface area contributed by atoms with Gasteiger partial charge in [-0.3, -0.25) is 4.99 Å². The molecule has 23 heavy (non-hydrogen) atoms. The summed E-state index contributed by atoms with van der Waals surface area (Å²) in [6, 6.07) is 9.83. The molecule has 0 bridgehead atoms. The normalized spacial score (nSPS) is 10.8. The molecule has 0 aliphatic rings. The molecule has 2 aromatic rings. The second-order valence-electron chi connectivity index (χ2n) is 4.61. The molecule has 0 atom stereocenters. The molecule has 1 heterocycles. The molecule has 2 N–H and O–H groups in total. The van der Waals surface area contributed by atoms with E-state index in [2.05, 4.69) is 37.6 Å². The van der Waals surface area contributed by atoms with Crippen molar-refractivity contribution in [3.05, 3.63) is 52.4 Å². The van der Waals surface area contributed by atoms with Crippen molar-refractivity contribution in [1.82, 2.24) is 10.6 Å². The molecule has 0 aliphatic heterocycles. The number of nitrogens with one attached hydrogen (secondary N) is 2. The molecule has 0 fully saturated rings. The lowest BCUT2D eigenvalue weighted by Gasteiger charge is -2.13. The summed E-state index contributed by atoms with van der Waals surface area (Å²) >= 11 is 3.50. The first kappa shape index (κ1) is 19.8. The number of hydrogen-bond donors (Lipinski definition) is 2. The molecule has 126 valence electrons. The topological polar surface area (TPSA) is 58.8 Å². The number of para-hydroxylation sites is 1. The van der Waals surface area contributed by atoms with Gasteiger partial charge in [0.2, 0.25) is 0 Å². The quantitative estimate of drug-likeness (QED) is 0.367. The average molecular weight is 494 g/mol. The van der Waals surface area contributed by atoms with E-state index in [0.29, 0.717) is 6.54 Å². The summed E-state index contributed by atoms with van der Waals surface area (Å²) in [5.74, 6) is 2.49. The van der Waals surface area contributed by atoms with Crippen molar-refractivity contribution >= 4 is 45.9 Å². The van der Waals surface area contributed by atoms with Gasteiger partial charge in [-0.05, 0) is 46.1 Å². The third-order valence-electron chi connectivity index (χ3n) is 3.17. The minimum absolute atomic E-state index is 0. The predicted molar refractivity (Wildman–Crippen MR) is 107 cm³/mol. The molecule has 7 heteroatoms. The standard InChI is InChI=1S/C16H20BrN3O2.HI/c1-18-16(20-11-13-6-4-10-22-13)19-9-8-12-5-3-7-14(17)15(12)21-2;/h3-7,10H,8-9,11H2,1-2H3,(H2,18,19,20);1H. The van der Waals surface area contributed by atoms with E-state index in [-0.39, 0.29) is 24.0 Å². The van der Waals surface area contributed by atoms with Crippen LogP contribution in [0.25, 0.3) is 0 Å². The zero-order valence-electron chi connectivity index (χ0n) is 13.1. The van der Waals surface area contributed by atoms with Crippen molar-refractivity contribution in [2.24, 2.45) is 4.99 Å². The van der Waals surface area contributed by atoms with E-state index >= 15 is 0 Å². The lowest BCUT2D eigenvalue weighted by atomic mass is 10.1. The largest absolute Gasteiger partial charge is 0.495 e. The van der Waals surface area contributed by atoms with E-state index in [1.165, 1.54) is 0 Å². The number of hydrogen-bond acceptors (Lipinski definition) is 3. The monoisotopic (exact) mass is 493 g/mol. The van der Waals surface area contributed by atoms with Crippen molar-refractivity contribution in [2.45, 2.75) is 13.0 Å². The van der Waals surface area contributed by atoms with E-state index in [0.717, 1.165) is 40.5 Å². The van der Waals surface area contributed by atoms with Gasteiger partial charge in [0, 0.05) is 13.6 Å². The summed E-state index contributed by atoms with van der Waals surface area (Å²) < 4.78 is 11.7. The van der Waals surface area contributed by atoms with Crippen LogP contribution in [0.3, 0.4) is 0 Å². The van der Waals surface area contributed by atoms with Crippen LogP contribution < -0.4 is 15.4 Å². The molecule has 0 unspecified atom stereocenters. The van der Waals surface area contributed by atoms with E-state index in [9.17, 15) is 0 Å². The lowest BCUT2D eigenvalue weighted by Crippen LogP contribution is -2.37. The Labute approximate surface area is 162 Å². The summed E-state index contributed by atoms with van der Waals surface area (Å²) in [5.41, 5.74) is 1.14. The molecule has 5 nitrogen and oxygen atoms in total. The minimum atomic E-state index is 0. The summed E-state index contributed by atoms with van der Waals surface area (Å²) in [5, 5.41) is 6.48. The molecule has 0 aliphatic carbocycles. The predicted octanol–water partition coefficient (Wildman–Crippen LogP) is 3.58. The van der Waals surface area contributed by atoms with Crippen LogP contribution in [0.15, 0.2) is 50.5 Å². The van der Waals surface area contributed by atoms with Gasteiger partial charge in [0.05, 0.1) is 24.4 Å². The Kier molecular flexibility index (Phi) is 9.08. The maximum atomic E-state index is 5.42. The Morgan fingerprint density at radius 3 is 2.74 bits per heavy atom. The molecular weight excluding hydrogens is 473 g/mol. The zero-order chi connectivity index (χ0) is 15.8. The van der Waals surface area contributed by atoms with Gasteiger partial charge in [0.1, 0.15) is 11.5 Å². The first-order valence-electron chi connectivity index (χ1n) is 7.03. The van der Waals surface area contributed by atoms with Crippen LogP contribution >= 0.6 is 39.9 Å². The molecule has 0 radical (unpaired) electrons. The fraction of sp³-hybridized carbons (Fsp3) is 0.312. The molecule has 0 saturated carbocycles. The Hall–Kier alpha value is -1.22. The van der Waals surface area contributed by atoms with Crippen LogP contribution in [0.5, 0.6) is 5.75 Å². The van der Waals surface area contributed by atoms with Gasteiger partial charge in [-0.25, -0.2) is 0 Å². The summed E-state index contributed by atoms with van der Waals surface area (Å²) in [4.78, 5) is 4.19. The van der Waals surface area contributed by atoms with E-state index in [4.69, 9.17) is 9.15 Å². The number of ether oxygens (including phenoxy) is 1. The first-order chi connectivity index (χ1) is 10.7. The van der Waals surface area contributed by atoms with Gasteiger partial charge in [-0.15, -0.1) is 24.0 Å². The Morgan fingerprint density at radius 1 is 1.26 bits per heavy atom. The molecule has 0 amide bonds. The van der Waals surface area contributed by atoms with Crippen molar-refractivity contribution < 1.29 is 9.15 Å². The number of nitrogens with zero attached hydrogens (tertiary/aromatic N) is 1. The summed E-state index contributed by atoms with van der Waals surface area (Å²) in [6.45, 7) is 1.36. The van der Waals surface area contributed by atoms with E-state index in [1.807, 2.05) is 24.3 Å². The van der Waals surface area contributed by atoms with Gasteiger partial charge < -0.3 is 19.8 Å². The highest BCUT2D eigenvalue weighted by Crippen LogP contribution is 2.28. The molecule has 1 aromatic carbocycles. The van der Waals surface area contributed by atoms with Crippen molar-refractivity contribution in [3.8, 4) is 5.75 Å². The Morgan fingerprint density at radius 2 is 2.09 bits per heavy atom. The third kappa shape index (κ3) is 6.06. The highest BCUT2D eigenvalue weighted by Gasteiger charge is 2.07. The number of benzene rings is 1. The van der Waals surface area contributed by atoms with Crippen molar-refractivity contribution in [3.63, 3.8) is 0 Å². The van der Waals surface area contributed by atoms with Crippen molar-refractivity contribution in [1.29, 1.82) is 0 Å². The lowest BCUT2D eigenvalue weighted by molar-refractivity contribution is 0.407. The van der Waals surface area contributed by atoms with Gasteiger partial charge in [0.15, 0.2) is 5.96 Å². The summed E-state index contributed by atoms with van der Waals surface area (Å²) in [7, 11) is 3.43. The van der Waals surface area contributed by atoms with Crippen LogP contribution in [0, 0.1) is 0 Å².